The third-order valence-corrected chi connectivity index (χ3v) is 8.60. The van der Waals surface area contributed by atoms with Crippen LogP contribution in [0.15, 0.2) is 30.3 Å². The summed E-state index contributed by atoms with van der Waals surface area (Å²) in [6.45, 7) is 3.55. The van der Waals surface area contributed by atoms with Crippen molar-refractivity contribution in [1.82, 2.24) is 0 Å². The molecule has 3 aliphatic rings. The number of methoxy groups -OCH3 is 1. The van der Waals surface area contributed by atoms with Gasteiger partial charge in [0.25, 0.3) is 0 Å². The van der Waals surface area contributed by atoms with E-state index in [4.69, 9.17) is 23.7 Å². The van der Waals surface area contributed by atoms with Crippen LogP contribution in [0, 0.1) is 0 Å². The molecule has 1 aromatic carbocycles. The first-order valence-electron chi connectivity index (χ1n) is 8.86. The van der Waals surface area contributed by atoms with Crippen LogP contribution in [-0.2, 0) is 28.2 Å². The highest BCUT2D eigenvalue weighted by atomic mass is 31.2. The van der Waals surface area contributed by atoms with Gasteiger partial charge in [0.1, 0.15) is 25.2 Å². The fraction of sp³-hybridized carbons (Fsp3) is 0.667. The molecule has 0 bridgehead atoms. The fourth-order valence-electron chi connectivity index (χ4n) is 4.02. The summed E-state index contributed by atoms with van der Waals surface area (Å²) in [5, 5.41) is 10.9. The van der Waals surface area contributed by atoms with Crippen LogP contribution >= 0.6 is 7.14 Å². The minimum absolute atomic E-state index is 0.309. The molecule has 0 aromatic heterocycles. The molecule has 0 spiro atoms. The number of hydrogen-bond acceptors (Lipinski definition) is 7. The van der Waals surface area contributed by atoms with Gasteiger partial charge in [-0.2, -0.15) is 0 Å². The maximum Gasteiger partial charge on any atom is 0.190 e. The predicted molar refractivity (Wildman–Crippen MR) is 93.5 cm³/mol. The Morgan fingerprint density at radius 1 is 1.19 bits per heavy atom. The molecule has 144 valence electrons. The second-order valence-electron chi connectivity index (χ2n) is 7.40. The van der Waals surface area contributed by atoms with Crippen molar-refractivity contribution in [2.45, 2.75) is 62.8 Å². The van der Waals surface area contributed by atoms with Crippen molar-refractivity contribution in [3.05, 3.63) is 30.3 Å². The minimum Gasteiger partial charge on any atom is -0.378 e. The first kappa shape index (κ1) is 18.6. The monoisotopic (exact) mass is 384 g/mol. The molecule has 8 heteroatoms. The Bertz CT molecular complexity index is 694. The number of aliphatic hydroxyl groups is 1. The summed E-state index contributed by atoms with van der Waals surface area (Å²) in [6, 6.07) is 9.35. The summed E-state index contributed by atoms with van der Waals surface area (Å²) in [7, 11) is -1.26. The lowest BCUT2D eigenvalue weighted by molar-refractivity contribution is -0.272. The fourth-order valence-corrected chi connectivity index (χ4v) is 7.27. The molecule has 0 saturated carbocycles. The maximum atomic E-state index is 13.8. The molecule has 0 aliphatic carbocycles. The Kier molecular flexibility index (Phi) is 4.77. The van der Waals surface area contributed by atoms with Crippen molar-refractivity contribution >= 4 is 12.4 Å². The SMILES string of the molecule is CO[C@@H]1CC[P@@](=O)(c2ccccc2)[C@H]1O[C@H]1OC(O)[C@@H]2OC(C)(C)O[C@H]12. The van der Waals surface area contributed by atoms with E-state index in [1.165, 1.54) is 0 Å². The van der Waals surface area contributed by atoms with E-state index in [1.54, 1.807) is 21.0 Å². The van der Waals surface area contributed by atoms with Crippen LogP contribution in [0.4, 0.5) is 0 Å². The Morgan fingerprint density at radius 2 is 1.88 bits per heavy atom. The Morgan fingerprint density at radius 3 is 2.58 bits per heavy atom. The Labute approximate surface area is 152 Å². The molecular formula is C18H25O7P. The van der Waals surface area contributed by atoms with Crippen LogP contribution in [0.1, 0.15) is 20.3 Å². The normalized spacial score (nSPS) is 44.3. The lowest BCUT2D eigenvalue weighted by Gasteiger charge is -2.30. The zero-order valence-electron chi connectivity index (χ0n) is 15.1. The van der Waals surface area contributed by atoms with Gasteiger partial charge in [-0.15, -0.1) is 0 Å². The molecular weight excluding hydrogens is 359 g/mol. The Hall–Kier alpha value is -0.790. The van der Waals surface area contributed by atoms with E-state index < -0.39 is 43.6 Å². The summed E-state index contributed by atoms with van der Waals surface area (Å²) in [4.78, 5) is 0. The molecule has 1 aromatic rings. The maximum absolute atomic E-state index is 13.8. The first-order valence-corrected chi connectivity index (χ1v) is 10.8. The van der Waals surface area contributed by atoms with Crippen LogP contribution in [0.2, 0.25) is 0 Å². The molecule has 3 heterocycles. The Balaban J connectivity index is 1.60. The first-order chi connectivity index (χ1) is 12.3. The lowest BCUT2D eigenvalue weighted by Crippen LogP contribution is -2.38. The van der Waals surface area contributed by atoms with Gasteiger partial charge in [-0.1, -0.05) is 30.3 Å². The van der Waals surface area contributed by atoms with Gasteiger partial charge in [-0.05, 0) is 20.3 Å². The van der Waals surface area contributed by atoms with E-state index >= 15 is 0 Å². The average Bonchev–Trinajstić information content (AvgIpc) is 3.21. The van der Waals surface area contributed by atoms with Crippen molar-refractivity contribution in [3.8, 4) is 0 Å². The van der Waals surface area contributed by atoms with Gasteiger partial charge in [-0.25, -0.2) is 0 Å². The van der Waals surface area contributed by atoms with Gasteiger partial charge in [0, 0.05) is 18.6 Å². The largest absolute Gasteiger partial charge is 0.378 e. The van der Waals surface area contributed by atoms with Crippen molar-refractivity contribution in [3.63, 3.8) is 0 Å². The molecule has 1 N–H and O–H groups in total. The van der Waals surface area contributed by atoms with E-state index in [-0.39, 0.29) is 6.10 Å². The third-order valence-electron chi connectivity index (χ3n) is 5.23. The number of fused-ring (bicyclic) bond motifs is 1. The molecule has 3 saturated heterocycles. The van der Waals surface area contributed by atoms with Crippen molar-refractivity contribution in [2.24, 2.45) is 0 Å². The van der Waals surface area contributed by atoms with Gasteiger partial charge in [-0.3, -0.25) is 0 Å². The molecule has 0 amide bonds. The second kappa shape index (κ2) is 6.67. The van der Waals surface area contributed by atoms with E-state index in [1.807, 2.05) is 30.3 Å². The molecule has 1 unspecified atom stereocenters. The van der Waals surface area contributed by atoms with E-state index in [9.17, 15) is 9.67 Å². The van der Waals surface area contributed by atoms with Crippen LogP contribution in [0.25, 0.3) is 0 Å². The highest BCUT2D eigenvalue weighted by Crippen LogP contribution is 2.59. The summed E-state index contributed by atoms with van der Waals surface area (Å²) < 4.78 is 42.6. The summed E-state index contributed by atoms with van der Waals surface area (Å²) in [6.07, 6.45) is -2.39. The van der Waals surface area contributed by atoms with Crippen LogP contribution in [-0.4, -0.2) is 60.9 Å². The minimum atomic E-state index is -2.85. The van der Waals surface area contributed by atoms with Crippen LogP contribution in [0.5, 0.6) is 0 Å². The molecule has 3 aliphatic heterocycles. The number of hydrogen-bond donors (Lipinski definition) is 1. The van der Waals surface area contributed by atoms with Crippen molar-refractivity contribution < 1.29 is 33.4 Å². The quantitative estimate of drug-likeness (QED) is 0.790. The van der Waals surface area contributed by atoms with Crippen LogP contribution in [0.3, 0.4) is 0 Å². The van der Waals surface area contributed by atoms with E-state index in [2.05, 4.69) is 0 Å². The number of ether oxygens (including phenoxy) is 5. The standard InChI is InChI=1S/C18H25O7P/c1-18(2)24-13-14(25-18)16(22-15(13)19)23-17-12(21-3)9-10-26(17,20)11-7-5-4-6-8-11/h4-8,12-17,19H,9-10H2,1-3H3/t12-,13-,14+,15?,16-,17-,26-/m1/s1. The average molecular weight is 384 g/mol. The van der Waals surface area contributed by atoms with E-state index in [0.29, 0.717) is 12.6 Å². The highest BCUT2D eigenvalue weighted by Gasteiger charge is 2.58. The summed E-state index contributed by atoms with van der Waals surface area (Å²) in [5.41, 5.74) is 0. The van der Waals surface area contributed by atoms with Gasteiger partial charge in [0.2, 0.25) is 0 Å². The van der Waals surface area contributed by atoms with Crippen molar-refractivity contribution in [2.75, 3.05) is 13.3 Å². The zero-order chi connectivity index (χ0) is 18.5. The lowest BCUT2D eigenvalue weighted by atomic mass is 10.2. The van der Waals surface area contributed by atoms with Crippen LogP contribution < -0.4 is 5.30 Å². The molecule has 7 atom stereocenters. The van der Waals surface area contributed by atoms with Gasteiger partial charge in [0.05, 0.1) is 6.10 Å². The predicted octanol–water partition coefficient (Wildman–Crippen LogP) is 1.63. The third kappa shape index (κ3) is 3.06. The smallest absolute Gasteiger partial charge is 0.190 e. The topological polar surface area (TPSA) is 83.5 Å². The van der Waals surface area contributed by atoms with Crippen molar-refractivity contribution in [1.29, 1.82) is 0 Å². The molecule has 0 radical (unpaired) electrons. The molecule has 4 rings (SSSR count). The zero-order valence-corrected chi connectivity index (χ0v) is 16.0. The van der Waals surface area contributed by atoms with E-state index in [0.717, 1.165) is 5.30 Å². The van der Waals surface area contributed by atoms with Gasteiger partial charge < -0.3 is 33.4 Å². The summed E-state index contributed by atoms with van der Waals surface area (Å²) in [5.74, 6) is -1.49. The highest BCUT2D eigenvalue weighted by molar-refractivity contribution is 7.72. The van der Waals surface area contributed by atoms with Gasteiger partial charge >= 0.3 is 0 Å². The molecule has 7 nitrogen and oxygen atoms in total. The summed E-state index contributed by atoms with van der Waals surface area (Å²) >= 11 is 0. The second-order valence-corrected chi connectivity index (χ2v) is 10.5. The number of rotatable bonds is 4. The molecule has 3 fully saturated rings. The number of aliphatic hydroxyl groups excluding tert-OH is 1. The number of benzene rings is 1. The molecule has 26 heavy (non-hydrogen) atoms. The van der Waals surface area contributed by atoms with Gasteiger partial charge in [0.15, 0.2) is 18.4 Å².